The molecule has 2 aromatic rings. The van der Waals surface area contributed by atoms with Crippen LogP contribution in [0.25, 0.3) is 10.2 Å². The molecule has 1 fully saturated rings. The number of rotatable bonds is 3. The first-order valence-corrected chi connectivity index (χ1v) is 6.86. The number of carbonyl (C=O) groups is 1. The Balaban J connectivity index is 1.77. The quantitative estimate of drug-likeness (QED) is 0.923. The van der Waals surface area contributed by atoms with Crippen molar-refractivity contribution in [3.63, 3.8) is 0 Å². The molecule has 0 spiro atoms. The number of hydrogen-bond donors (Lipinski definition) is 1. The van der Waals surface area contributed by atoms with Crippen LogP contribution in [0.4, 0.5) is 5.13 Å². The number of aliphatic carboxylic acids is 1. The second-order valence-electron chi connectivity index (χ2n) is 4.66. The maximum atomic E-state index is 10.7. The van der Waals surface area contributed by atoms with Crippen molar-refractivity contribution in [3.05, 3.63) is 24.3 Å². The monoisotopic (exact) mass is 262 g/mol. The van der Waals surface area contributed by atoms with Gasteiger partial charge in [-0.25, -0.2) is 4.98 Å². The van der Waals surface area contributed by atoms with Gasteiger partial charge in [-0.05, 0) is 24.5 Å². The van der Waals surface area contributed by atoms with Gasteiger partial charge in [0.15, 0.2) is 5.13 Å². The van der Waals surface area contributed by atoms with E-state index in [-0.39, 0.29) is 12.3 Å². The van der Waals surface area contributed by atoms with Gasteiger partial charge in [0.2, 0.25) is 0 Å². The van der Waals surface area contributed by atoms with Crippen LogP contribution in [-0.4, -0.2) is 29.1 Å². The minimum absolute atomic E-state index is 0.259. The molecule has 1 aromatic heterocycles. The summed E-state index contributed by atoms with van der Waals surface area (Å²) in [5.74, 6) is -0.444. The number of hydrogen-bond acceptors (Lipinski definition) is 4. The van der Waals surface area contributed by atoms with Crippen molar-refractivity contribution < 1.29 is 9.90 Å². The van der Waals surface area contributed by atoms with E-state index in [9.17, 15) is 4.79 Å². The third kappa shape index (κ3) is 2.18. The van der Waals surface area contributed by atoms with Gasteiger partial charge in [0, 0.05) is 19.5 Å². The number of carboxylic acids is 1. The number of nitrogens with zero attached hydrogens (tertiary/aromatic N) is 2. The molecule has 5 heteroatoms. The lowest BCUT2D eigenvalue weighted by Gasteiger charge is -2.13. The third-order valence-corrected chi connectivity index (χ3v) is 4.40. The number of aromatic nitrogens is 1. The van der Waals surface area contributed by atoms with Gasteiger partial charge in [0.25, 0.3) is 0 Å². The smallest absolute Gasteiger partial charge is 0.303 e. The molecule has 1 aliphatic rings. The first-order chi connectivity index (χ1) is 8.72. The molecule has 0 radical (unpaired) electrons. The number of carboxylic acid groups (broad SMARTS) is 1. The Hall–Kier alpha value is -1.62. The lowest BCUT2D eigenvalue weighted by Crippen LogP contribution is -2.20. The van der Waals surface area contributed by atoms with Gasteiger partial charge in [-0.15, -0.1) is 0 Å². The van der Waals surface area contributed by atoms with Crippen LogP contribution in [0.15, 0.2) is 24.3 Å². The summed E-state index contributed by atoms with van der Waals surface area (Å²) in [6.45, 7) is 1.73. The van der Waals surface area contributed by atoms with E-state index in [0.29, 0.717) is 0 Å². The van der Waals surface area contributed by atoms with Crippen molar-refractivity contribution in [3.8, 4) is 0 Å². The van der Waals surface area contributed by atoms with E-state index in [4.69, 9.17) is 5.11 Å². The predicted octanol–water partition coefficient (Wildman–Crippen LogP) is 2.60. The molecule has 1 atom stereocenters. The Kier molecular flexibility index (Phi) is 2.91. The first kappa shape index (κ1) is 11.5. The first-order valence-electron chi connectivity index (χ1n) is 6.04. The van der Waals surface area contributed by atoms with Crippen LogP contribution in [0.3, 0.4) is 0 Å². The van der Waals surface area contributed by atoms with Crippen molar-refractivity contribution >= 4 is 32.7 Å². The third-order valence-electron chi connectivity index (χ3n) is 3.30. The van der Waals surface area contributed by atoms with Crippen molar-refractivity contribution in [2.45, 2.75) is 12.8 Å². The molecule has 4 nitrogen and oxygen atoms in total. The topological polar surface area (TPSA) is 53.4 Å². The largest absolute Gasteiger partial charge is 0.481 e. The summed E-state index contributed by atoms with van der Waals surface area (Å²) in [4.78, 5) is 17.5. The number of fused-ring (bicyclic) bond motifs is 1. The second-order valence-corrected chi connectivity index (χ2v) is 5.67. The zero-order chi connectivity index (χ0) is 12.5. The van der Waals surface area contributed by atoms with Gasteiger partial charge < -0.3 is 10.0 Å². The van der Waals surface area contributed by atoms with Crippen LogP contribution in [0, 0.1) is 5.92 Å². The summed E-state index contributed by atoms with van der Waals surface area (Å²) in [5, 5.41) is 9.83. The minimum atomic E-state index is -0.703. The number of para-hydroxylation sites is 1. The highest BCUT2D eigenvalue weighted by Gasteiger charge is 2.26. The lowest BCUT2D eigenvalue weighted by molar-refractivity contribution is -0.137. The van der Waals surface area contributed by atoms with Crippen molar-refractivity contribution in [2.24, 2.45) is 5.92 Å². The van der Waals surface area contributed by atoms with E-state index in [1.54, 1.807) is 11.3 Å². The summed E-state index contributed by atoms with van der Waals surface area (Å²) >= 11 is 1.68. The molecule has 94 valence electrons. The molecule has 0 aliphatic carbocycles. The van der Waals surface area contributed by atoms with Gasteiger partial charge in [0.05, 0.1) is 10.2 Å². The molecule has 1 saturated heterocycles. The zero-order valence-corrected chi connectivity index (χ0v) is 10.7. The Labute approximate surface area is 109 Å². The van der Waals surface area contributed by atoms with Gasteiger partial charge in [-0.1, -0.05) is 23.5 Å². The molecular weight excluding hydrogens is 248 g/mol. The van der Waals surface area contributed by atoms with Crippen LogP contribution in [0.5, 0.6) is 0 Å². The van der Waals surface area contributed by atoms with Crippen molar-refractivity contribution in [1.29, 1.82) is 0 Å². The molecule has 0 saturated carbocycles. The Bertz CT molecular complexity index is 548. The SMILES string of the molecule is O=C(O)CC1CCN(c2nc3ccccc3s2)C1. The predicted molar refractivity (Wildman–Crippen MR) is 72.2 cm³/mol. The molecule has 2 heterocycles. The zero-order valence-electron chi connectivity index (χ0n) is 9.87. The second kappa shape index (κ2) is 4.57. The molecule has 0 amide bonds. The minimum Gasteiger partial charge on any atom is -0.481 e. The average Bonchev–Trinajstić information content (AvgIpc) is 2.93. The van der Waals surface area contributed by atoms with Crippen LogP contribution in [-0.2, 0) is 4.79 Å². The molecule has 1 aromatic carbocycles. The van der Waals surface area contributed by atoms with Gasteiger partial charge in [-0.2, -0.15) is 0 Å². The van der Waals surface area contributed by atoms with E-state index in [1.807, 2.05) is 18.2 Å². The molecule has 3 rings (SSSR count). The normalized spacial score (nSPS) is 19.6. The number of anilines is 1. The van der Waals surface area contributed by atoms with Crippen LogP contribution < -0.4 is 4.90 Å². The Morgan fingerprint density at radius 3 is 3.11 bits per heavy atom. The van der Waals surface area contributed by atoms with Crippen LogP contribution in [0.1, 0.15) is 12.8 Å². The van der Waals surface area contributed by atoms with Crippen molar-refractivity contribution in [1.82, 2.24) is 4.98 Å². The highest BCUT2D eigenvalue weighted by molar-refractivity contribution is 7.22. The fourth-order valence-corrected chi connectivity index (χ4v) is 3.42. The van der Waals surface area contributed by atoms with Gasteiger partial charge >= 0.3 is 5.97 Å². The maximum Gasteiger partial charge on any atom is 0.303 e. The summed E-state index contributed by atoms with van der Waals surface area (Å²) in [6, 6.07) is 8.09. The summed E-state index contributed by atoms with van der Waals surface area (Å²) in [7, 11) is 0. The van der Waals surface area contributed by atoms with E-state index in [0.717, 1.165) is 30.2 Å². The fraction of sp³-hybridized carbons (Fsp3) is 0.385. The average molecular weight is 262 g/mol. The highest BCUT2D eigenvalue weighted by Crippen LogP contribution is 2.32. The van der Waals surface area contributed by atoms with Gasteiger partial charge in [-0.3, -0.25) is 4.79 Å². The molecule has 1 unspecified atom stereocenters. The van der Waals surface area contributed by atoms with Crippen LogP contribution in [0.2, 0.25) is 0 Å². The molecular formula is C13H14N2O2S. The standard InChI is InChI=1S/C13H14N2O2S/c16-12(17)7-9-5-6-15(8-9)13-14-10-3-1-2-4-11(10)18-13/h1-4,9H,5-8H2,(H,16,17). The lowest BCUT2D eigenvalue weighted by atomic mass is 10.1. The van der Waals surface area contributed by atoms with E-state index in [1.165, 1.54) is 4.70 Å². The summed E-state index contributed by atoms with van der Waals surface area (Å²) in [6.07, 6.45) is 1.21. The molecule has 0 bridgehead atoms. The van der Waals surface area contributed by atoms with Crippen LogP contribution >= 0.6 is 11.3 Å². The Morgan fingerprint density at radius 2 is 2.33 bits per heavy atom. The molecule has 18 heavy (non-hydrogen) atoms. The number of thiazole rings is 1. The van der Waals surface area contributed by atoms with E-state index >= 15 is 0 Å². The fourth-order valence-electron chi connectivity index (χ4n) is 2.42. The van der Waals surface area contributed by atoms with E-state index in [2.05, 4.69) is 16.0 Å². The summed E-state index contributed by atoms with van der Waals surface area (Å²) in [5.41, 5.74) is 1.03. The summed E-state index contributed by atoms with van der Waals surface area (Å²) < 4.78 is 1.19. The van der Waals surface area contributed by atoms with Crippen molar-refractivity contribution in [2.75, 3.05) is 18.0 Å². The highest BCUT2D eigenvalue weighted by atomic mass is 32.1. The Morgan fingerprint density at radius 1 is 1.50 bits per heavy atom. The molecule has 1 aliphatic heterocycles. The molecule has 1 N–H and O–H groups in total. The number of benzene rings is 1. The maximum absolute atomic E-state index is 10.7. The van der Waals surface area contributed by atoms with E-state index < -0.39 is 5.97 Å². The van der Waals surface area contributed by atoms with Gasteiger partial charge in [0.1, 0.15) is 0 Å².